The van der Waals surface area contributed by atoms with E-state index in [0.29, 0.717) is 26.1 Å². The summed E-state index contributed by atoms with van der Waals surface area (Å²) in [5.41, 5.74) is 2.64. The predicted octanol–water partition coefficient (Wildman–Crippen LogP) is 1.43. The monoisotopic (exact) mass is 332 g/mol. The summed E-state index contributed by atoms with van der Waals surface area (Å²) < 4.78 is 5.53. The number of ether oxygens (including phenoxy) is 1. The van der Waals surface area contributed by atoms with Crippen molar-refractivity contribution in [3.63, 3.8) is 0 Å². The highest BCUT2D eigenvalue weighted by Gasteiger charge is 2.26. The van der Waals surface area contributed by atoms with E-state index in [-0.39, 0.29) is 18.1 Å². The largest absolute Gasteiger partial charge is 0.393 e. The molecule has 0 bridgehead atoms. The van der Waals surface area contributed by atoms with E-state index in [2.05, 4.69) is 23.1 Å². The Kier molecular flexibility index (Phi) is 5.87. The highest BCUT2D eigenvalue weighted by molar-refractivity contribution is 5.76. The van der Waals surface area contributed by atoms with Crippen LogP contribution in [0.1, 0.15) is 30.9 Å². The minimum absolute atomic E-state index is 0.216. The van der Waals surface area contributed by atoms with E-state index in [0.717, 1.165) is 32.6 Å². The second-order valence-electron chi connectivity index (χ2n) is 6.93. The first kappa shape index (κ1) is 17.4. The van der Waals surface area contributed by atoms with Gasteiger partial charge in [-0.2, -0.15) is 0 Å². The lowest BCUT2D eigenvalue weighted by atomic mass is 9.99. The molecule has 2 atom stereocenters. The van der Waals surface area contributed by atoms with Crippen LogP contribution in [0.5, 0.6) is 0 Å². The molecule has 1 amide bonds. The van der Waals surface area contributed by atoms with Crippen LogP contribution in [0.4, 0.5) is 0 Å². The fourth-order valence-electron chi connectivity index (χ4n) is 3.70. The number of benzene rings is 1. The topological polar surface area (TPSA) is 53.0 Å². The average Bonchev–Trinajstić information content (AvgIpc) is 2.60. The molecule has 24 heavy (non-hydrogen) atoms. The van der Waals surface area contributed by atoms with E-state index in [1.54, 1.807) is 0 Å². The highest BCUT2D eigenvalue weighted by Crippen LogP contribution is 2.19. The van der Waals surface area contributed by atoms with Crippen LogP contribution in [0.2, 0.25) is 0 Å². The number of fused-ring (bicyclic) bond motifs is 1. The summed E-state index contributed by atoms with van der Waals surface area (Å²) in [5, 5.41) is 9.64. The maximum atomic E-state index is 12.6. The van der Waals surface area contributed by atoms with Crippen molar-refractivity contribution in [2.75, 3.05) is 32.8 Å². The second kappa shape index (κ2) is 8.10. The molecule has 5 heteroatoms. The number of carbonyl (C=O) groups excluding carboxylic acids is 1. The first-order valence-corrected chi connectivity index (χ1v) is 8.98. The average molecular weight is 332 g/mol. The van der Waals surface area contributed by atoms with E-state index in [1.165, 1.54) is 11.1 Å². The molecule has 2 aliphatic rings. The Morgan fingerprint density at radius 1 is 1.33 bits per heavy atom. The Labute approximate surface area is 144 Å². The number of nitrogens with zero attached hydrogens (tertiary/aromatic N) is 2. The van der Waals surface area contributed by atoms with Gasteiger partial charge < -0.3 is 14.7 Å². The Hall–Kier alpha value is -1.43. The molecule has 0 radical (unpaired) electrons. The van der Waals surface area contributed by atoms with Crippen LogP contribution in [-0.2, 0) is 22.5 Å². The number of morpholine rings is 1. The third kappa shape index (κ3) is 4.35. The predicted molar refractivity (Wildman–Crippen MR) is 92.7 cm³/mol. The fraction of sp³-hybridized carbons (Fsp3) is 0.632. The zero-order valence-electron chi connectivity index (χ0n) is 14.5. The first-order chi connectivity index (χ1) is 11.6. The van der Waals surface area contributed by atoms with Crippen molar-refractivity contribution >= 4 is 5.91 Å². The molecular formula is C19H28N2O3. The lowest BCUT2D eigenvalue weighted by Crippen LogP contribution is -2.48. The van der Waals surface area contributed by atoms with Crippen LogP contribution in [0.25, 0.3) is 0 Å². The molecule has 0 aliphatic carbocycles. The van der Waals surface area contributed by atoms with Crippen molar-refractivity contribution < 1.29 is 14.6 Å². The van der Waals surface area contributed by atoms with Gasteiger partial charge in [-0.05, 0) is 30.9 Å². The molecule has 132 valence electrons. The van der Waals surface area contributed by atoms with Gasteiger partial charge in [0.25, 0.3) is 0 Å². The Morgan fingerprint density at radius 2 is 2.12 bits per heavy atom. The quantitative estimate of drug-likeness (QED) is 0.886. The van der Waals surface area contributed by atoms with Crippen molar-refractivity contribution in [2.45, 2.75) is 44.9 Å². The molecule has 5 nitrogen and oxygen atoms in total. The lowest BCUT2D eigenvalue weighted by molar-refractivity contribution is -0.133. The molecule has 0 unspecified atom stereocenters. The number of aliphatic hydroxyl groups is 1. The van der Waals surface area contributed by atoms with Gasteiger partial charge in [0.2, 0.25) is 5.91 Å². The van der Waals surface area contributed by atoms with Gasteiger partial charge in [0.1, 0.15) is 0 Å². The lowest BCUT2D eigenvalue weighted by Gasteiger charge is -2.37. The van der Waals surface area contributed by atoms with Crippen LogP contribution in [0.3, 0.4) is 0 Å². The number of carbonyl (C=O) groups is 1. The maximum absolute atomic E-state index is 12.6. The van der Waals surface area contributed by atoms with E-state index in [9.17, 15) is 9.90 Å². The van der Waals surface area contributed by atoms with Gasteiger partial charge in [-0.15, -0.1) is 0 Å². The maximum Gasteiger partial charge on any atom is 0.224 e. The van der Waals surface area contributed by atoms with Gasteiger partial charge in [-0.3, -0.25) is 9.69 Å². The Morgan fingerprint density at radius 3 is 2.92 bits per heavy atom. The van der Waals surface area contributed by atoms with Crippen molar-refractivity contribution in [1.29, 1.82) is 0 Å². The Balaban J connectivity index is 1.52. The number of amides is 1. The third-order valence-corrected chi connectivity index (χ3v) is 5.06. The summed E-state index contributed by atoms with van der Waals surface area (Å²) in [4.78, 5) is 16.9. The van der Waals surface area contributed by atoms with E-state index < -0.39 is 0 Å². The second-order valence-corrected chi connectivity index (χ2v) is 6.93. The molecule has 0 aromatic heterocycles. The van der Waals surface area contributed by atoms with E-state index in [1.807, 2.05) is 17.9 Å². The smallest absolute Gasteiger partial charge is 0.224 e. The van der Waals surface area contributed by atoms with Gasteiger partial charge in [0.15, 0.2) is 0 Å². The van der Waals surface area contributed by atoms with Crippen molar-refractivity contribution in [2.24, 2.45) is 0 Å². The summed E-state index contributed by atoms with van der Waals surface area (Å²) in [5.74, 6) is 0.229. The molecular weight excluding hydrogens is 304 g/mol. The highest BCUT2D eigenvalue weighted by atomic mass is 16.5. The van der Waals surface area contributed by atoms with Crippen molar-refractivity contribution in [3.05, 3.63) is 35.4 Å². The molecule has 1 aromatic rings. The number of hydrogen-bond acceptors (Lipinski definition) is 4. The van der Waals surface area contributed by atoms with Gasteiger partial charge in [0.05, 0.1) is 19.3 Å². The minimum atomic E-state index is -0.339. The van der Waals surface area contributed by atoms with Gasteiger partial charge in [-0.1, -0.05) is 24.3 Å². The van der Waals surface area contributed by atoms with Gasteiger partial charge >= 0.3 is 0 Å². The fourth-order valence-corrected chi connectivity index (χ4v) is 3.70. The normalized spacial score (nSPS) is 22.9. The SMILES string of the molecule is C[C@@H](O)C[C@@H]1COCCN1CCC(=O)N1CCc2ccccc2C1. The Bertz CT molecular complexity index is 561. The third-order valence-electron chi connectivity index (χ3n) is 5.06. The van der Waals surface area contributed by atoms with E-state index in [4.69, 9.17) is 4.74 Å². The minimum Gasteiger partial charge on any atom is -0.393 e. The van der Waals surface area contributed by atoms with Gasteiger partial charge in [0, 0.05) is 38.6 Å². The number of rotatable bonds is 5. The molecule has 0 saturated carbocycles. The van der Waals surface area contributed by atoms with Gasteiger partial charge in [-0.25, -0.2) is 0 Å². The summed E-state index contributed by atoms with van der Waals surface area (Å²) >= 11 is 0. The van der Waals surface area contributed by atoms with Crippen LogP contribution in [-0.4, -0.2) is 65.8 Å². The molecule has 2 aliphatic heterocycles. The standard InChI is InChI=1S/C19H28N2O3/c1-15(22)12-18-14-24-11-10-20(18)9-7-19(23)21-8-6-16-4-2-3-5-17(16)13-21/h2-5,15,18,22H,6-14H2,1H3/t15-,18-/m1/s1. The molecule has 2 heterocycles. The summed E-state index contributed by atoms with van der Waals surface area (Å²) in [6, 6.07) is 8.60. The first-order valence-electron chi connectivity index (χ1n) is 8.98. The van der Waals surface area contributed by atoms with Crippen LogP contribution < -0.4 is 0 Å². The summed E-state index contributed by atoms with van der Waals surface area (Å²) in [6.45, 7) is 6.30. The molecule has 1 saturated heterocycles. The number of hydrogen-bond donors (Lipinski definition) is 1. The summed E-state index contributed by atoms with van der Waals surface area (Å²) in [6.07, 6.45) is 1.85. The molecule has 1 aromatic carbocycles. The van der Waals surface area contributed by atoms with Crippen molar-refractivity contribution in [3.8, 4) is 0 Å². The molecule has 3 rings (SSSR count). The zero-order valence-corrected chi connectivity index (χ0v) is 14.5. The summed E-state index contributed by atoms with van der Waals surface area (Å²) in [7, 11) is 0. The zero-order chi connectivity index (χ0) is 16.9. The molecule has 0 spiro atoms. The molecule has 1 fully saturated rings. The van der Waals surface area contributed by atoms with E-state index >= 15 is 0 Å². The number of aliphatic hydroxyl groups excluding tert-OH is 1. The van der Waals surface area contributed by atoms with Crippen LogP contribution in [0.15, 0.2) is 24.3 Å². The molecule has 1 N–H and O–H groups in total. The van der Waals surface area contributed by atoms with Crippen LogP contribution in [0, 0.1) is 0 Å². The van der Waals surface area contributed by atoms with Crippen LogP contribution >= 0.6 is 0 Å². The van der Waals surface area contributed by atoms with Crippen molar-refractivity contribution in [1.82, 2.24) is 9.80 Å².